The van der Waals surface area contributed by atoms with Gasteiger partial charge in [0.2, 0.25) is 0 Å². The van der Waals surface area contributed by atoms with Gasteiger partial charge >= 0.3 is 0 Å². The molecule has 32 heavy (non-hydrogen) atoms. The number of thiazole rings is 1. The summed E-state index contributed by atoms with van der Waals surface area (Å²) in [6.07, 6.45) is 1.61. The molecule has 4 rings (SSSR count). The number of nitro benzene ring substituents is 1. The Morgan fingerprint density at radius 3 is 2.66 bits per heavy atom. The molecule has 3 aromatic rings. The lowest BCUT2D eigenvalue weighted by Gasteiger charge is -2.31. The van der Waals surface area contributed by atoms with Crippen LogP contribution in [-0.4, -0.2) is 43.8 Å². The van der Waals surface area contributed by atoms with E-state index in [4.69, 9.17) is 9.72 Å². The number of ether oxygens (including phenoxy) is 1. The Morgan fingerprint density at radius 1 is 1.19 bits per heavy atom. The van der Waals surface area contributed by atoms with Gasteiger partial charge in [0.25, 0.3) is 5.69 Å². The molecular formula is C22H23N3O5S2. The maximum absolute atomic E-state index is 13.0. The molecule has 1 aliphatic heterocycles. The topological polar surface area (TPSA) is 103 Å². The number of sulfone groups is 1. The number of aromatic nitrogens is 1. The van der Waals surface area contributed by atoms with Crippen molar-refractivity contribution < 1.29 is 18.1 Å². The van der Waals surface area contributed by atoms with Gasteiger partial charge < -0.3 is 9.64 Å². The van der Waals surface area contributed by atoms with E-state index in [1.807, 2.05) is 29.6 Å². The highest BCUT2D eigenvalue weighted by atomic mass is 32.2. The molecule has 0 aliphatic carbocycles. The molecule has 8 nitrogen and oxygen atoms in total. The molecule has 1 fully saturated rings. The van der Waals surface area contributed by atoms with E-state index >= 15 is 0 Å². The van der Waals surface area contributed by atoms with Crippen LogP contribution in [-0.2, 0) is 16.3 Å². The molecule has 0 unspecified atom stereocenters. The summed E-state index contributed by atoms with van der Waals surface area (Å²) in [6.45, 7) is 1.15. The van der Waals surface area contributed by atoms with E-state index in [1.165, 1.54) is 18.2 Å². The Balaban J connectivity index is 1.40. The Kier molecular flexibility index (Phi) is 6.43. The SMILES string of the molecule is COc1cccc(Cc2csc(N3CCC(S(=O)(=O)c4cccc([N+](=O)[O-])c4)CC3)n2)c1. The average Bonchev–Trinajstić information content (AvgIpc) is 3.27. The highest BCUT2D eigenvalue weighted by molar-refractivity contribution is 7.92. The standard InChI is InChI=1S/C22H23N3O5S2/c1-30-19-6-2-4-16(13-19)12-17-15-31-22(23-17)24-10-8-20(9-11-24)32(28,29)21-7-3-5-18(14-21)25(26)27/h2-7,13-15,20H,8-12H2,1H3. The van der Waals surface area contributed by atoms with Gasteiger partial charge in [0.05, 0.1) is 27.9 Å². The van der Waals surface area contributed by atoms with Gasteiger partial charge in [-0.1, -0.05) is 18.2 Å². The van der Waals surface area contributed by atoms with Crippen molar-refractivity contribution in [2.45, 2.75) is 29.4 Å². The Labute approximate surface area is 190 Å². The van der Waals surface area contributed by atoms with Gasteiger partial charge in [-0.25, -0.2) is 13.4 Å². The fraction of sp³-hybridized carbons (Fsp3) is 0.318. The molecule has 0 amide bonds. The predicted molar refractivity (Wildman–Crippen MR) is 123 cm³/mol. The number of anilines is 1. The summed E-state index contributed by atoms with van der Waals surface area (Å²) < 4.78 is 31.3. The highest BCUT2D eigenvalue weighted by Crippen LogP contribution is 2.30. The third-order valence-corrected chi connectivity index (χ3v) is 8.78. The molecular weight excluding hydrogens is 450 g/mol. The number of benzene rings is 2. The van der Waals surface area contributed by atoms with Gasteiger partial charge in [-0.2, -0.15) is 0 Å². The summed E-state index contributed by atoms with van der Waals surface area (Å²) in [4.78, 5) is 17.3. The molecule has 2 heterocycles. The van der Waals surface area contributed by atoms with Gasteiger partial charge in [0.1, 0.15) is 5.75 Å². The molecule has 2 aromatic carbocycles. The number of methoxy groups -OCH3 is 1. The maximum atomic E-state index is 13.0. The Bertz CT molecular complexity index is 1220. The molecule has 1 aliphatic rings. The van der Waals surface area contributed by atoms with Gasteiger partial charge in [0, 0.05) is 37.0 Å². The zero-order valence-corrected chi connectivity index (χ0v) is 19.1. The number of piperidine rings is 1. The Morgan fingerprint density at radius 2 is 1.94 bits per heavy atom. The first-order valence-electron chi connectivity index (χ1n) is 10.2. The predicted octanol–water partition coefficient (Wildman–Crippen LogP) is 4.09. The lowest BCUT2D eigenvalue weighted by Crippen LogP contribution is -2.39. The fourth-order valence-corrected chi connectivity index (χ4v) is 6.49. The van der Waals surface area contributed by atoms with E-state index in [2.05, 4.69) is 4.90 Å². The van der Waals surface area contributed by atoms with E-state index in [9.17, 15) is 18.5 Å². The molecule has 0 radical (unpaired) electrons. The first-order valence-corrected chi connectivity index (χ1v) is 12.6. The van der Waals surface area contributed by atoms with Crippen molar-refractivity contribution in [3.63, 3.8) is 0 Å². The quantitative estimate of drug-likeness (QED) is 0.376. The minimum absolute atomic E-state index is 0.0139. The van der Waals surface area contributed by atoms with Gasteiger partial charge in [0.15, 0.2) is 15.0 Å². The number of hydrogen-bond donors (Lipinski definition) is 0. The summed E-state index contributed by atoms with van der Waals surface area (Å²) in [5, 5.41) is 13.4. The van der Waals surface area contributed by atoms with E-state index in [1.54, 1.807) is 18.4 Å². The zero-order valence-electron chi connectivity index (χ0n) is 17.5. The van der Waals surface area contributed by atoms with Crippen LogP contribution >= 0.6 is 11.3 Å². The summed E-state index contributed by atoms with van der Waals surface area (Å²) >= 11 is 1.55. The van der Waals surface area contributed by atoms with Crippen LogP contribution in [0.15, 0.2) is 58.8 Å². The number of rotatable bonds is 7. The average molecular weight is 474 g/mol. The minimum atomic E-state index is -3.63. The van der Waals surface area contributed by atoms with Crippen molar-refractivity contribution >= 4 is 32.0 Å². The second-order valence-electron chi connectivity index (χ2n) is 7.64. The van der Waals surface area contributed by atoms with Crippen LogP contribution in [0.4, 0.5) is 10.8 Å². The Hall–Kier alpha value is -2.98. The van der Waals surface area contributed by atoms with Gasteiger partial charge in [-0.15, -0.1) is 11.3 Å². The maximum Gasteiger partial charge on any atom is 0.270 e. The third kappa shape index (κ3) is 4.76. The highest BCUT2D eigenvalue weighted by Gasteiger charge is 2.32. The molecule has 0 bridgehead atoms. The number of nitro groups is 1. The van der Waals surface area contributed by atoms with Crippen molar-refractivity contribution in [2.75, 3.05) is 25.1 Å². The third-order valence-electron chi connectivity index (χ3n) is 5.57. The fourth-order valence-electron chi connectivity index (χ4n) is 3.84. The van der Waals surface area contributed by atoms with Crippen LogP contribution in [0.3, 0.4) is 0 Å². The summed E-state index contributed by atoms with van der Waals surface area (Å²) in [6, 6.07) is 13.2. The van der Waals surface area contributed by atoms with E-state index < -0.39 is 20.0 Å². The number of hydrogen-bond acceptors (Lipinski definition) is 8. The zero-order chi connectivity index (χ0) is 22.7. The van der Waals surface area contributed by atoms with Crippen LogP contribution in [0, 0.1) is 10.1 Å². The summed E-state index contributed by atoms with van der Waals surface area (Å²) in [7, 11) is -1.98. The van der Waals surface area contributed by atoms with Crippen molar-refractivity contribution in [3.05, 3.63) is 75.3 Å². The van der Waals surface area contributed by atoms with Gasteiger partial charge in [-0.3, -0.25) is 10.1 Å². The molecule has 1 saturated heterocycles. The van der Waals surface area contributed by atoms with Crippen LogP contribution in [0.2, 0.25) is 0 Å². The first kappa shape index (κ1) is 22.2. The van der Waals surface area contributed by atoms with E-state index in [-0.39, 0.29) is 10.6 Å². The normalized spacial score (nSPS) is 15.0. The van der Waals surface area contributed by atoms with Crippen LogP contribution in [0.25, 0.3) is 0 Å². The summed E-state index contributed by atoms with van der Waals surface area (Å²) in [5.74, 6) is 0.810. The molecule has 0 N–H and O–H groups in total. The molecule has 0 spiro atoms. The minimum Gasteiger partial charge on any atom is -0.497 e. The smallest absolute Gasteiger partial charge is 0.270 e. The molecule has 0 saturated carbocycles. The van der Waals surface area contributed by atoms with Crippen molar-refractivity contribution in [1.82, 2.24) is 4.98 Å². The molecule has 1 aromatic heterocycles. The monoisotopic (exact) mass is 473 g/mol. The lowest BCUT2D eigenvalue weighted by atomic mass is 10.1. The second-order valence-corrected chi connectivity index (χ2v) is 10.7. The van der Waals surface area contributed by atoms with Gasteiger partial charge in [-0.05, 0) is 36.6 Å². The molecule has 168 valence electrons. The summed E-state index contributed by atoms with van der Waals surface area (Å²) in [5.41, 5.74) is 1.86. The number of nitrogens with zero attached hydrogens (tertiary/aromatic N) is 3. The molecule has 10 heteroatoms. The van der Waals surface area contributed by atoms with Crippen LogP contribution < -0.4 is 9.64 Å². The van der Waals surface area contributed by atoms with Crippen molar-refractivity contribution in [1.29, 1.82) is 0 Å². The second kappa shape index (κ2) is 9.25. The van der Waals surface area contributed by atoms with Crippen LogP contribution in [0.5, 0.6) is 5.75 Å². The first-order chi connectivity index (χ1) is 15.4. The lowest BCUT2D eigenvalue weighted by molar-refractivity contribution is -0.385. The largest absolute Gasteiger partial charge is 0.497 e. The van der Waals surface area contributed by atoms with E-state index in [0.29, 0.717) is 32.4 Å². The van der Waals surface area contributed by atoms with Crippen molar-refractivity contribution in [2.24, 2.45) is 0 Å². The molecule has 0 atom stereocenters. The van der Waals surface area contributed by atoms with Crippen LogP contribution in [0.1, 0.15) is 24.1 Å². The van der Waals surface area contributed by atoms with E-state index in [0.717, 1.165) is 28.2 Å². The van der Waals surface area contributed by atoms with Crippen molar-refractivity contribution in [3.8, 4) is 5.75 Å². The number of non-ortho nitro benzene ring substituents is 1.